The first-order valence-corrected chi connectivity index (χ1v) is 6.49. The predicted molar refractivity (Wildman–Crippen MR) is 77.4 cm³/mol. The van der Waals surface area contributed by atoms with Crippen molar-refractivity contribution in [3.05, 3.63) is 41.1 Å². The molecule has 100 valence electrons. The molecule has 4 nitrogen and oxygen atoms in total. The number of hydrogen-bond acceptors (Lipinski definition) is 2. The molecule has 1 aromatic carbocycles. The third-order valence-electron chi connectivity index (χ3n) is 4.11. The smallest absolute Gasteiger partial charge is 0.231 e. The minimum Gasteiger partial charge on any atom is -0.347 e. The number of amides is 1. The van der Waals surface area contributed by atoms with Crippen LogP contribution >= 0.6 is 0 Å². The van der Waals surface area contributed by atoms with Gasteiger partial charge in [-0.25, -0.2) is 0 Å². The van der Waals surface area contributed by atoms with E-state index in [1.807, 2.05) is 42.8 Å². The topological polar surface area (TPSA) is 49.0 Å². The Hall–Kier alpha value is -2.54. The molecule has 1 aliphatic rings. The summed E-state index contributed by atoms with van der Waals surface area (Å²) in [6, 6.07) is 10.1. The Labute approximate surface area is 117 Å². The molecule has 20 heavy (non-hydrogen) atoms. The van der Waals surface area contributed by atoms with Crippen molar-refractivity contribution in [2.75, 3.05) is 11.9 Å². The Bertz CT molecular complexity index is 765. The second-order valence-corrected chi connectivity index (χ2v) is 5.17. The lowest BCUT2D eigenvalue weighted by Gasteiger charge is -2.11. The van der Waals surface area contributed by atoms with Gasteiger partial charge in [0.1, 0.15) is 6.07 Å². The monoisotopic (exact) mass is 265 g/mol. The Morgan fingerprint density at radius 3 is 2.65 bits per heavy atom. The Morgan fingerprint density at radius 1 is 1.25 bits per heavy atom. The van der Waals surface area contributed by atoms with Crippen LogP contribution in [0, 0.1) is 18.3 Å². The molecule has 0 radical (unpaired) electrons. The number of likely N-dealkylation sites (N-methyl/N-ethyl adjacent to an activating group) is 1. The minimum absolute atomic E-state index is 0.123. The number of aromatic nitrogens is 1. The average Bonchev–Trinajstić information content (AvgIpc) is 2.89. The molecular formula is C16H15N3O. The van der Waals surface area contributed by atoms with E-state index in [0.717, 1.165) is 28.2 Å². The fourth-order valence-corrected chi connectivity index (χ4v) is 2.72. The van der Waals surface area contributed by atoms with E-state index in [4.69, 9.17) is 5.26 Å². The molecule has 0 fully saturated rings. The van der Waals surface area contributed by atoms with Crippen LogP contribution in [0.25, 0.3) is 11.3 Å². The quantitative estimate of drug-likeness (QED) is 0.795. The maximum Gasteiger partial charge on any atom is 0.231 e. The van der Waals surface area contributed by atoms with Crippen LogP contribution in [-0.4, -0.2) is 17.5 Å². The van der Waals surface area contributed by atoms with E-state index in [2.05, 4.69) is 6.07 Å². The van der Waals surface area contributed by atoms with Gasteiger partial charge in [0.2, 0.25) is 5.91 Å². The molecule has 0 saturated heterocycles. The highest BCUT2D eigenvalue weighted by atomic mass is 16.2. The van der Waals surface area contributed by atoms with Gasteiger partial charge < -0.3 is 9.47 Å². The highest BCUT2D eigenvalue weighted by Gasteiger charge is 2.24. The Morgan fingerprint density at radius 2 is 2.00 bits per heavy atom. The number of benzene rings is 1. The van der Waals surface area contributed by atoms with Gasteiger partial charge in [-0.3, -0.25) is 4.79 Å². The molecule has 0 saturated carbocycles. The zero-order chi connectivity index (χ0) is 14.4. The maximum atomic E-state index is 11.7. The molecule has 0 unspecified atom stereocenters. The summed E-state index contributed by atoms with van der Waals surface area (Å²) in [7, 11) is 3.75. The molecule has 0 aliphatic carbocycles. The third kappa shape index (κ3) is 1.64. The van der Waals surface area contributed by atoms with E-state index in [0.29, 0.717) is 12.0 Å². The first-order valence-electron chi connectivity index (χ1n) is 6.49. The lowest BCUT2D eigenvalue weighted by Crippen LogP contribution is -2.20. The summed E-state index contributed by atoms with van der Waals surface area (Å²) in [6.45, 7) is 1.94. The standard InChI is InChI=1S/C16H15N3O/c1-10-13(9-17)7-15(18(10)2)11-4-5-14-12(6-11)8-16(20)19(14)3/h4-7H,8H2,1-3H3. The summed E-state index contributed by atoms with van der Waals surface area (Å²) in [5.74, 6) is 0.123. The fraction of sp³-hybridized carbons (Fsp3) is 0.250. The van der Waals surface area contributed by atoms with Gasteiger partial charge in [0.25, 0.3) is 0 Å². The number of hydrogen-bond donors (Lipinski definition) is 0. The zero-order valence-electron chi connectivity index (χ0n) is 11.8. The first kappa shape index (κ1) is 12.5. The van der Waals surface area contributed by atoms with Gasteiger partial charge in [-0.15, -0.1) is 0 Å². The second-order valence-electron chi connectivity index (χ2n) is 5.17. The molecular weight excluding hydrogens is 250 g/mol. The fourth-order valence-electron chi connectivity index (χ4n) is 2.72. The van der Waals surface area contributed by atoms with E-state index in [-0.39, 0.29) is 5.91 Å². The van der Waals surface area contributed by atoms with Crippen LogP contribution in [0.15, 0.2) is 24.3 Å². The molecule has 1 aliphatic heterocycles. The predicted octanol–water partition coefficient (Wildman–Crippen LogP) is 2.39. The van der Waals surface area contributed by atoms with E-state index < -0.39 is 0 Å². The summed E-state index contributed by atoms with van der Waals surface area (Å²) < 4.78 is 2.01. The van der Waals surface area contributed by atoms with E-state index in [1.54, 1.807) is 11.9 Å². The third-order valence-corrected chi connectivity index (χ3v) is 4.11. The van der Waals surface area contributed by atoms with E-state index in [1.165, 1.54) is 0 Å². The van der Waals surface area contributed by atoms with Crippen molar-refractivity contribution in [1.82, 2.24) is 4.57 Å². The molecule has 4 heteroatoms. The molecule has 1 aromatic heterocycles. The van der Waals surface area contributed by atoms with E-state index in [9.17, 15) is 4.79 Å². The maximum absolute atomic E-state index is 11.7. The van der Waals surface area contributed by atoms with Gasteiger partial charge >= 0.3 is 0 Å². The number of nitrogens with zero attached hydrogens (tertiary/aromatic N) is 3. The van der Waals surface area contributed by atoms with Crippen molar-refractivity contribution in [2.45, 2.75) is 13.3 Å². The Balaban J connectivity index is 2.12. The number of rotatable bonds is 1. The SMILES string of the molecule is Cc1c(C#N)cc(-c2ccc3c(c2)CC(=O)N3C)n1C. The summed E-state index contributed by atoms with van der Waals surface area (Å²) in [6.07, 6.45) is 0.453. The molecule has 0 bridgehead atoms. The molecule has 2 aromatic rings. The van der Waals surface area contributed by atoms with Crippen molar-refractivity contribution >= 4 is 11.6 Å². The summed E-state index contributed by atoms with van der Waals surface area (Å²) in [5, 5.41) is 9.11. The summed E-state index contributed by atoms with van der Waals surface area (Å²) in [5.41, 5.74) is 5.72. The molecule has 0 spiro atoms. The van der Waals surface area contributed by atoms with Crippen LogP contribution < -0.4 is 4.90 Å². The molecule has 1 amide bonds. The lowest BCUT2D eigenvalue weighted by molar-refractivity contribution is -0.117. The number of carbonyl (C=O) groups excluding carboxylic acids is 1. The largest absolute Gasteiger partial charge is 0.347 e. The van der Waals surface area contributed by atoms with Gasteiger partial charge in [0.05, 0.1) is 12.0 Å². The molecule has 0 atom stereocenters. The van der Waals surface area contributed by atoms with Crippen molar-refractivity contribution in [1.29, 1.82) is 5.26 Å². The van der Waals surface area contributed by atoms with Crippen LogP contribution in [0.4, 0.5) is 5.69 Å². The van der Waals surface area contributed by atoms with Crippen LogP contribution in [0.1, 0.15) is 16.8 Å². The highest BCUT2D eigenvalue weighted by molar-refractivity contribution is 6.01. The average molecular weight is 265 g/mol. The van der Waals surface area contributed by atoms with Crippen LogP contribution in [0.5, 0.6) is 0 Å². The van der Waals surface area contributed by atoms with E-state index >= 15 is 0 Å². The van der Waals surface area contributed by atoms with Crippen LogP contribution in [-0.2, 0) is 18.3 Å². The van der Waals surface area contributed by atoms with Crippen molar-refractivity contribution in [3.8, 4) is 17.3 Å². The van der Waals surface area contributed by atoms with Gasteiger partial charge in [-0.2, -0.15) is 5.26 Å². The van der Waals surface area contributed by atoms with Gasteiger partial charge in [-0.1, -0.05) is 6.07 Å². The van der Waals surface area contributed by atoms with Gasteiger partial charge in [0, 0.05) is 31.2 Å². The molecule has 2 heterocycles. The number of nitriles is 1. The van der Waals surface area contributed by atoms with Crippen molar-refractivity contribution in [2.24, 2.45) is 7.05 Å². The highest BCUT2D eigenvalue weighted by Crippen LogP contribution is 2.33. The molecule has 0 N–H and O–H groups in total. The van der Waals surface area contributed by atoms with Crippen LogP contribution in [0.3, 0.4) is 0 Å². The van der Waals surface area contributed by atoms with Gasteiger partial charge in [-0.05, 0) is 36.2 Å². The second kappa shape index (κ2) is 4.24. The number of carbonyl (C=O) groups is 1. The van der Waals surface area contributed by atoms with Crippen molar-refractivity contribution in [3.63, 3.8) is 0 Å². The first-order chi connectivity index (χ1) is 9.52. The summed E-state index contributed by atoms with van der Waals surface area (Å²) in [4.78, 5) is 13.4. The lowest BCUT2D eigenvalue weighted by atomic mass is 10.1. The number of anilines is 1. The Kier molecular flexibility index (Phi) is 2.65. The normalized spacial score (nSPS) is 13.5. The zero-order valence-corrected chi connectivity index (χ0v) is 11.8. The van der Waals surface area contributed by atoms with Gasteiger partial charge in [0.15, 0.2) is 0 Å². The molecule has 3 rings (SSSR count). The minimum atomic E-state index is 0.123. The van der Waals surface area contributed by atoms with Crippen molar-refractivity contribution < 1.29 is 4.79 Å². The van der Waals surface area contributed by atoms with Crippen LogP contribution in [0.2, 0.25) is 0 Å². The number of fused-ring (bicyclic) bond motifs is 1. The summed E-state index contributed by atoms with van der Waals surface area (Å²) >= 11 is 0.